The minimum atomic E-state index is -0.0200. The Morgan fingerprint density at radius 3 is 2.77 bits per heavy atom. The lowest BCUT2D eigenvalue weighted by Gasteiger charge is -2.02. The zero-order valence-corrected chi connectivity index (χ0v) is 14.8. The van der Waals surface area contributed by atoms with Crippen molar-refractivity contribution in [1.82, 2.24) is 5.32 Å². The van der Waals surface area contributed by atoms with Crippen LogP contribution in [0.3, 0.4) is 0 Å². The van der Waals surface area contributed by atoms with Gasteiger partial charge in [0.2, 0.25) is 0 Å². The van der Waals surface area contributed by atoms with Crippen LogP contribution < -0.4 is 11.1 Å². The van der Waals surface area contributed by atoms with Gasteiger partial charge in [0, 0.05) is 16.4 Å². The Bertz CT molecular complexity index is 628. The van der Waals surface area contributed by atoms with Crippen LogP contribution >= 0.6 is 35.3 Å². The number of thiophene rings is 1. The summed E-state index contributed by atoms with van der Waals surface area (Å²) in [5, 5.41) is 3.63. The first kappa shape index (κ1) is 19.0. The quantitative estimate of drug-likeness (QED) is 0.757. The molecule has 6 heteroatoms. The standard InChI is InChI=1S/C16H19ClN2OS.ClH/c1-11-9-14(16(20)19-8-3-2-7-18)21-15(11)12-5-4-6-13(17)10-12;/h4-6,9-10H,2-3,7-8,18H2,1H3,(H,19,20);1H. The Morgan fingerprint density at radius 2 is 2.09 bits per heavy atom. The first-order chi connectivity index (χ1) is 10.1. The van der Waals surface area contributed by atoms with Gasteiger partial charge in [-0.3, -0.25) is 4.79 Å². The van der Waals surface area contributed by atoms with E-state index in [1.165, 1.54) is 11.3 Å². The molecule has 120 valence electrons. The predicted octanol–water partition coefficient (Wildman–Crippen LogP) is 4.27. The molecular weight excluding hydrogens is 339 g/mol. The van der Waals surface area contributed by atoms with Gasteiger partial charge in [-0.05, 0) is 55.6 Å². The summed E-state index contributed by atoms with van der Waals surface area (Å²) in [5.74, 6) is -0.0200. The van der Waals surface area contributed by atoms with E-state index < -0.39 is 0 Å². The SMILES string of the molecule is Cc1cc(C(=O)NCCCCN)sc1-c1cccc(Cl)c1.Cl. The smallest absolute Gasteiger partial charge is 0.261 e. The van der Waals surface area contributed by atoms with E-state index in [2.05, 4.69) is 5.32 Å². The van der Waals surface area contributed by atoms with Crippen LogP contribution in [0.4, 0.5) is 0 Å². The Balaban J connectivity index is 0.00000242. The highest BCUT2D eigenvalue weighted by Gasteiger charge is 2.13. The first-order valence-corrected chi connectivity index (χ1v) is 8.16. The molecule has 0 saturated heterocycles. The predicted molar refractivity (Wildman–Crippen MR) is 97.4 cm³/mol. The number of hydrogen-bond donors (Lipinski definition) is 2. The van der Waals surface area contributed by atoms with Crippen LogP contribution in [0.25, 0.3) is 10.4 Å². The maximum Gasteiger partial charge on any atom is 0.261 e. The summed E-state index contributed by atoms with van der Waals surface area (Å²) in [6.45, 7) is 3.34. The molecule has 0 aliphatic heterocycles. The number of aryl methyl sites for hydroxylation is 1. The number of carbonyl (C=O) groups excluding carboxylic acids is 1. The second-order valence-electron chi connectivity index (χ2n) is 4.88. The van der Waals surface area contributed by atoms with Crippen LogP contribution in [0, 0.1) is 6.92 Å². The van der Waals surface area contributed by atoms with Crippen LogP contribution in [0.5, 0.6) is 0 Å². The van der Waals surface area contributed by atoms with E-state index in [9.17, 15) is 4.79 Å². The number of halogens is 2. The molecule has 2 rings (SSSR count). The molecule has 0 saturated carbocycles. The molecule has 0 aliphatic rings. The highest BCUT2D eigenvalue weighted by atomic mass is 35.5. The van der Waals surface area contributed by atoms with E-state index in [1.807, 2.05) is 37.3 Å². The number of amides is 1. The summed E-state index contributed by atoms with van der Waals surface area (Å²) in [5.41, 5.74) is 7.58. The summed E-state index contributed by atoms with van der Waals surface area (Å²) in [7, 11) is 0. The number of unbranched alkanes of at least 4 members (excludes halogenated alkanes) is 1. The molecule has 0 unspecified atom stereocenters. The summed E-state index contributed by atoms with van der Waals surface area (Å²) < 4.78 is 0. The molecule has 1 heterocycles. The molecule has 1 aromatic heterocycles. The Hall–Kier alpha value is -1.07. The summed E-state index contributed by atoms with van der Waals surface area (Å²) in [4.78, 5) is 13.9. The average molecular weight is 359 g/mol. The first-order valence-electron chi connectivity index (χ1n) is 6.96. The molecule has 1 amide bonds. The van der Waals surface area contributed by atoms with Gasteiger partial charge in [-0.25, -0.2) is 0 Å². The van der Waals surface area contributed by atoms with Crippen LogP contribution in [0.1, 0.15) is 28.1 Å². The molecule has 0 spiro atoms. The van der Waals surface area contributed by atoms with Crippen LogP contribution in [0.2, 0.25) is 5.02 Å². The lowest BCUT2D eigenvalue weighted by atomic mass is 10.1. The molecule has 0 radical (unpaired) electrons. The number of rotatable bonds is 6. The molecule has 1 aromatic carbocycles. The molecule has 0 aliphatic carbocycles. The zero-order chi connectivity index (χ0) is 15.2. The second kappa shape index (κ2) is 9.16. The Kier molecular flexibility index (Phi) is 7.90. The zero-order valence-electron chi connectivity index (χ0n) is 12.4. The van der Waals surface area contributed by atoms with Gasteiger partial charge >= 0.3 is 0 Å². The fraction of sp³-hybridized carbons (Fsp3) is 0.312. The summed E-state index contributed by atoms with van der Waals surface area (Å²) in [6, 6.07) is 9.62. The number of nitrogens with two attached hydrogens (primary N) is 1. The molecule has 3 nitrogen and oxygen atoms in total. The second-order valence-corrected chi connectivity index (χ2v) is 6.37. The van der Waals surface area contributed by atoms with Crippen molar-refractivity contribution in [3.8, 4) is 10.4 Å². The van der Waals surface area contributed by atoms with Crippen molar-refractivity contribution < 1.29 is 4.79 Å². The van der Waals surface area contributed by atoms with E-state index in [1.54, 1.807) is 0 Å². The van der Waals surface area contributed by atoms with Crippen molar-refractivity contribution in [2.24, 2.45) is 5.73 Å². The van der Waals surface area contributed by atoms with Gasteiger partial charge in [-0.1, -0.05) is 23.7 Å². The molecule has 0 atom stereocenters. The maximum absolute atomic E-state index is 12.1. The lowest BCUT2D eigenvalue weighted by Crippen LogP contribution is -2.23. The Morgan fingerprint density at radius 1 is 1.32 bits per heavy atom. The van der Waals surface area contributed by atoms with Gasteiger partial charge in [-0.15, -0.1) is 23.7 Å². The molecule has 3 N–H and O–H groups in total. The van der Waals surface area contributed by atoms with E-state index in [-0.39, 0.29) is 18.3 Å². The van der Waals surface area contributed by atoms with Crippen molar-refractivity contribution in [3.05, 3.63) is 45.8 Å². The van der Waals surface area contributed by atoms with Gasteiger partial charge in [0.15, 0.2) is 0 Å². The maximum atomic E-state index is 12.1. The highest BCUT2D eigenvalue weighted by Crippen LogP contribution is 2.33. The highest BCUT2D eigenvalue weighted by molar-refractivity contribution is 7.17. The monoisotopic (exact) mass is 358 g/mol. The molecule has 2 aromatic rings. The van der Waals surface area contributed by atoms with Gasteiger partial charge in [0.05, 0.1) is 4.88 Å². The van der Waals surface area contributed by atoms with Gasteiger partial charge in [0.25, 0.3) is 5.91 Å². The van der Waals surface area contributed by atoms with Crippen LogP contribution in [-0.4, -0.2) is 19.0 Å². The van der Waals surface area contributed by atoms with E-state index in [4.69, 9.17) is 17.3 Å². The molecule has 0 fully saturated rings. The summed E-state index contributed by atoms with van der Waals surface area (Å²) in [6.07, 6.45) is 1.84. The molecule has 22 heavy (non-hydrogen) atoms. The third-order valence-electron chi connectivity index (χ3n) is 3.14. The third-order valence-corrected chi connectivity index (χ3v) is 4.66. The van der Waals surface area contributed by atoms with Crippen molar-refractivity contribution in [2.75, 3.05) is 13.1 Å². The summed E-state index contributed by atoms with van der Waals surface area (Å²) >= 11 is 7.53. The van der Waals surface area contributed by atoms with Gasteiger partial charge < -0.3 is 11.1 Å². The third kappa shape index (κ3) is 4.99. The Labute approximate surface area is 146 Å². The average Bonchev–Trinajstić information content (AvgIpc) is 2.85. The van der Waals surface area contributed by atoms with E-state index in [0.29, 0.717) is 18.1 Å². The normalized spacial score (nSPS) is 10.1. The number of carbonyl (C=O) groups is 1. The van der Waals surface area contributed by atoms with Crippen molar-refractivity contribution in [1.29, 1.82) is 0 Å². The topological polar surface area (TPSA) is 55.1 Å². The van der Waals surface area contributed by atoms with Gasteiger partial charge in [0.1, 0.15) is 0 Å². The van der Waals surface area contributed by atoms with Gasteiger partial charge in [-0.2, -0.15) is 0 Å². The fourth-order valence-electron chi connectivity index (χ4n) is 2.07. The van der Waals surface area contributed by atoms with Crippen molar-refractivity contribution in [3.63, 3.8) is 0 Å². The van der Waals surface area contributed by atoms with Crippen LogP contribution in [0.15, 0.2) is 30.3 Å². The number of nitrogens with one attached hydrogen (secondary N) is 1. The van der Waals surface area contributed by atoms with Crippen molar-refractivity contribution in [2.45, 2.75) is 19.8 Å². The van der Waals surface area contributed by atoms with E-state index in [0.717, 1.165) is 33.7 Å². The fourth-order valence-corrected chi connectivity index (χ4v) is 3.34. The van der Waals surface area contributed by atoms with Crippen LogP contribution in [-0.2, 0) is 0 Å². The lowest BCUT2D eigenvalue weighted by molar-refractivity contribution is 0.0957. The molecular formula is C16H20Cl2N2OS. The van der Waals surface area contributed by atoms with E-state index >= 15 is 0 Å². The minimum Gasteiger partial charge on any atom is -0.351 e. The largest absolute Gasteiger partial charge is 0.351 e. The van der Waals surface area contributed by atoms with Crippen molar-refractivity contribution >= 4 is 41.3 Å². The minimum absolute atomic E-state index is 0. The number of benzene rings is 1. The molecule has 0 bridgehead atoms. The number of hydrogen-bond acceptors (Lipinski definition) is 3.